The van der Waals surface area contributed by atoms with Gasteiger partial charge in [0.05, 0.1) is 12.3 Å². The molecule has 1 aromatic carbocycles. The van der Waals surface area contributed by atoms with E-state index in [1.807, 2.05) is 24.3 Å². The fraction of sp³-hybridized carbons (Fsp3) is 0.333. The lowest BCUT2D eigenvalue weighted by Crippen LogP contribution is -1.99. The molecule has 11 heavy (non-hydrogen) atoms. The molecule has 1 heterocycles. The number of benzene rings is 1. The lowest BCUT2D eigenvalue weighted by molar-refractivity contribution is 0.323. The van der Waals surface area contributed by atoms with E-state index in [0.29, 0.717) is 0 Å². The van der Waals surface area contributed by atoms with Crippen molar-refractivity contribution in [3.8, 4) is 5.75 Å². The minimum absolute atomic E-state index is 0.823. The molecule has 0 radical (unpaired) electrons. The summed E-state index contributed by atoms with van der Waals surface area (Å²) in [5.41, 5.74) is 1.12. The Kier molecular flexibility index (Phi) is 1.68. The zero-order valence-electron chi connectivity index (χ0n) is 6.34. The van der Waals surface area contributed by atoms with Crippen LogP contribution in [0.5, 0.6) is 5.75 Å². The molecule has 0 aliphatic carbocycles. The molecule has 0 spiro atoms. The molecule has 0 fully saturated rings. The van der Waals surface area contributed by atoms with Crippen LogP contribution in [0.1, 0.15) is 6.42 Å². The van der Waals surface area contributed by atoms with Crippen molar-refractivity contribution in [2.24, 2.45) is 0 Å². The van der Waals surface area contributed by atoms with E-state index in [1.165, 1.54) is 0 Å². The van der Waals surface area contributed by atoms with Gasteiger partial charge in [0.2, 0.25) is 0 Å². The first-order valence-corrected chi connectivity index (χ1v) is 3.92. The van der Waals surface area contributed by atoms with Gasteiger partial charge in [-0.15, -0.1) is 0 Å². The number of anilines is 1. The van der Waals surface area contributed by atoms with E-state index in [-0.39, 0.29) is 0 Å². The smallest absolute Gasteiger partial charge is 0.142 e. The van der Waals surface area contributed by atoms with Crippen LogP contribution in [0.15, 0.2) is 24.3 Å². The summed E-state index contributed by atoms with van der Waals surface area (Å²) in [6, 6.07) is 8.04. The summed E-state index contributed by atoms with van der Waals surface area (Å²) in [6.07, 6.45) is 1.08. The van der Waals surface area contributed by atoms with Crippen LogP contribution in [0.25, 0.3) is 0 Å². The van der Waals surface area contributed by atoms with E-state index >= 15 is 0 Å². The van der Waals surface area contributed by atoms with Crippen molar-refractivity contribution in [3.63, 3.8) is 0 Å². The third-order valence-corrected chi connectivity index (χ3v) is 1.78. The molecule has 0 amide bonds. The van der Waals surface area contributed by atoms with Gasteiger partial charge < -0.3 is 10.1 Å². The molecule has 0 aromatic heterocycles. The molecule has 0 saturated heterocycles. The Morgan fingerprint density at radius 2 is 2.18 bits per heavy atom. The van der Waals surface area contributed by atoms with Crippen molar-refractivity contribution >= 4 is 5.69 Å². The standard InChI is InChI=1S/C9H11NO/c1-2-5-9-8(4-1)10-6-3-7-11-9/h1-2,4-5,10H,3,6-7H2. The molecule has 1 aliphatic rings. The summed E-state index contributed by atoms with van der Waals surface area (Å²) in [4.78, 5) is 0. The van der Waals surface area contributed by atoms with Gasteiger partial charge in [-0.2, -0.15) is 0 Å². The van der Waals surface area contributed by atoms with Gasteiger partial charge in [0, 0.05) is 6.54 Å². The second-order valence-corrected chi connectivity index (χ2v) is 2.62. The Morgan fingerprint density at radius 3 is 3.18 bits per heavy atom. The first-order valence-electron chi connectivity index (χ1n) is 3.92. The van der Waals surface area contributed by atoms with Gasteiger partial charge in [0.25, 0.3) is 0 Å². The van der Waals surface area contributed by atoms with Crippen LogP contribution in [0.3, 0.4) is 0 Å². The number of hydrogen-bond acceptors (Lipinski definition) is 2. The minimum Gasteiger partial charge on any atom is -0.491 e. The number of ether oxygens (including phenoxy) is 1. The van der Waals surface area contributed by atoms with Crippen molar-refractivity contribution in [3.05, 3.63) is 24.3 Å². The summed E-state index contributed by atoms with van der Waals surface area (Å²) >= 11 is 0. The van der Waals surface area contributed by atoms with E-state index in [2.05, 4.69) is 5.32 Å². The van der Waals surface area contributed by atoms with Gasteiger partial charge >= 0.3 is 0 Å². The molecule has 2 rings (SSSR count). The van der Waals surface area contributed by atoms with Crippen LogP contribution in [0.2, 0.25) is 0 Å². The molecular weight excluding hydrogens is 138 g/mol. The van der Waals surface area contributed by atoms with E-state index in [0.717, 1.165) is 31.0 Å². The van der Waals surface area contributed by atoms with Gasteiger partial charge in [-0.1, -0.05) is 12.1 Å². The van der Waals surface area contributed by atoms with Gasteiger partial charge in [0.1, 0.15) is 5.75 Å². The monoisotopic (exact) mass is 149 g/mol. The van der Waals surface area contributed by atoms with E-state index in [1.54, 1.807) is 0 Å². The fourth-order valence-corrected chi connectivity index (χ4v) is 1.22. The Balaban J connectivity index is 2.33. The lowest BCUT2D eigenvalue weighted by atomic mass is 10.3. The zero-order valence-corrected chi connectivity index (χ0v) is 6.34. The third-order valence-electron chi connectivity index (χ3n) is 1.78. The molecule has 2 heteroatoms. The first-order chi connectivity index (χ1) is 5.47. The molecule has 1 N–H and O–H groups in total. The Morgan fingerprint density at radius 1 is 1.27 bits per heavy atom. The molecule has 0 atom stereocenters. The van der Waals surface area contributed by atoms with Gasteiger partial charge in [-0.25, -0.2) is 0 Å². The number of hydrogen-bond donors (Lipinski definition) is 1. The van der Waals surface area contributed by atoms with E-state index in [4.69, 9.17) is 4.74 Å². The quantitative estimate of drug-likeness (QED) is 0.608. The average Bonchev–Trinajstić information content (AvgIpc) is 2.28. The number of fused-ring (bicyclic) bond motifs is 1. The highest BCUT2D eigenvalue weighted by Crippen LogP contribution is 2.25. The maximum atomic E-state index is 5.49. The summed E-state index contributed by atoms with van der Waals surface area (Å²) in [5, 5.41) is 3.30. The number of nitrogens with one attached hydrogen (secondary N) is 1. The predicted molar refractivity (Wildman–Crippen MR) is 45.0 cm³/mol. The molecular formula is C9H11NO. The van der Waals surface area contributed by atoms with E-state index < -0.39 is 0 Å². The van der Waals surface area contributed by atoms with Crippen molar-refractivity contribution in [1.82, 2.24) is 0 Å². The molecule has 1 aliphatic heterocycles. The topological polar surface area (TPSA) is 21.3 Å². The largest absolute Gasteiger partial charge is 0.491 e. The van der Waals surface area contributed by atoms with Crippen LogP contribution in [0.4, 0.5) is 5.69 Å². The highest BCUT2D eigenvalue weighted by atomic mass is 16.5. The minimum atomic E-state index is 0.823. The first kappa shape index (κ1) is 6.53. The molecule has 0 bridgehead atoms. The molecule has 0 saturated carbocycles. The van der Waals surface area contributed by atoms with Crippen LogP contribution in [-0.4, -0.2) is 13.2 Å². The van der Waals surface area contributed by atoms with Gasteiger partial charge in [-0.3, -0.25) is 0 Å². The summed E-state index contributed by atoms with van der Waals surface area (Å²) < 4.78 is 5.49. The zero-order chi connectivity index (χ0) is 7.52. The fourth-order valence-electron chi connectivity index (χ4n) is 1.22. The third kappa shape index (κ3) is 1.29. The van der Waals surface area contributed by atoms with Gasteiger partial charge in [-0.05, 0) is 18.6 Å². The van der Waals surface area contributed by atoms with Gasteiger partial charge in [0.15, 0.2) is 0 Å². The molecule has 0 unspecified atom stereocenters. The predicted octanol–water partition coefficient (Wildman–Crippen LogP) is 1.88. The normalized spacial score (nSPS) is 15.6. The van der Waals surface area contributed by atoms with Crippen LogP contribution in [0, 0.1) is 0 Å². The number of para-hydroxylation sites is 2. The van der Waals surface area contributed by atoms with Crippen LogP contribution in [-0.2, 0) is 0 Å². The van der Waals surface area contributed by atoms with Crippen LogP contribution < -0.4 is 10.1 Å². The van der Waals surface area contributed by atoms with Crippen LogP contribution >= 0.6 is 0 Å². The average molecular weight is 149 g/mol. The van der Waals surface area contributed by atoms with E-state index in [9.17, 15) is 0 Å². The maximum Gasteiger partial charge on any atom is 0.142 e. The Bertz CT molecular complexity index is 222. The highest BCUT2D eigenvalue weighted by molar-refractivity contribution is 5.56. The number of rotatable bonds is 0. The molecule has 1 aromatic rings. The van der Waals surface area contributed by atoms with Crippen molar-refractivity contribution in [2.45, 2.75) is 6.42 Å². The second kappa shape index (κ2) is 2.82. The Hall–Kier alpha value is -1.18. The summed E-state index contributed by atoms with van der Waals surface area (Å²) in [7, 11) is 0. The lowest BCUT2D eigenvalue weighted by Gasteiger charge is -2.05. The maximum absolute atomic E-state index is 5.49. The second-order valence-electron chi connectivity index (χ2n) is 2.62. The van der Waals surface area contributed by atoms with Crippen molar-refractivity contribution in [2.75, 3.05) is 18.5 Å². The van der Waals surface area contributed by atoms with Crippen molar-refractivity contribution in [1.29, 1.82) is 0 Å². The summed E-state index contributed by atoms with van der Waals surface area (Å²) in [6.45, 7) is 1.83. The van der Waals surface area contributed by atoms with Crippen molar-refractivity contribution < 1.29 is 4.74 Å². The summed E-state index contributed by atoms with van der Waals surface area (Å²) in [5.74, 6) is 0.977. The SMILES string of the molecule is c1ccc2c(c1)NCCCO2. The Labute approximate surface area is 66.2 Å². The highest BCUT2D eigenvalue weighted by Gasteiger charge is 2.04. The molecule has 58 valence electrons. The molecule has 2 nitrogen and oxygen atoms in total.